The van der Waals surface area contributed by atoms with Crippen molar-refractivity contribution >= 4 is 21.6 Å². The molecule has 3 heterocycles. The highest BCUT2D eigenvalue weighted by Crippen LogP contribution is 2.28. The van der Waals surface area contributed by atoms with E-state index >= 15 is 0 Å². The molecule has 1 aliphatic rings. The van der Waals surface area contributed by atoms with Crippen molar-refractivity contribution in [3.8, 4) is 0 Å². The summed E-state index contributed by atoms with van der Waals surface area (Å²) in [5, 5.41) is 0. The van der Waals surface area contributed by atoms with E-state index in [1.54, 1.807) is 11.3 Å². The molecule has 0 unspecified atom stereocenters. The summed E-state index contributed by atoms with van der Waals surface area (Å²) in [6.07, 6.45) is 3.90. The Balaban J connectivity index is 1.56. The van der Waals surface area contributed by atoms with E-state index < -0.39 is 0 Å². The fourth-order valence-corrected chi connectivity index (χ4v) is 3.82. The van der Waals surface area contributed by atoms with Crippen LogP contribution in [0.2, 0.25) is 0 Å². The average Bonchev–Trinajstić information content (AvgIpc) is 3.11. The van der Waals surface area contributed by atoms with Crippen molar-refractivity contribution in [2.24, 2.45) is 0 Å². The number of hydrogen-bond acceptors (Lipinski definition) is 4. The first-order chi connectivity index (χ1) is 10.3. The van der Waals surface area contributed by atoms with Crippen molar-refractivity contribution in [2.75, 3.05) is 13.1 Å². The Labute approximate surface area is 128 Å². The number of thiazole rings is 1. The first-order valence-corrected chi connectivity index (χ1v) is 8.31. The van der Waals surface area contributed by atoms with E-state index in [4.69, 9.17) is 4.42 Å². The fraction of sp³-hybridized carbons (Fsp3) is 0.353. The van der Waals surface area contributed by atoms with Crippen LogP contribution < -0.4 is 0 Å². The van der Waals surface area contributed by atoms with Gasteiger partial charge in [0.25, 0.3) is 0 Å². The van der Waals surface area contributed by atoms with Gasteiger partial charge in [0.2, 0.25) is 0 Å². The molecule has 2 aromatic heterocycles. The fourth-order valence-electron chi connectivity index (χ4n) is 3.16. The smallest absolute Gasteiger partial charge is 0.108 e. The Bertz CT molecular complexity index is 738. The van der Waals surface area contributed by atoms with Crippen LogP contribution in [-0.4, -0.2) is 23.0 Å². The van der Waals surface area contributed by atoms with Crippen molar-refractivity contribution in [1.82, 2.24) is 9.88 Å². The number of nitrogens with zero attached hydrogens (tertiary/aromatic N) is 2. The van der Waals surface area contributed by atoms with E-state index in [1.807, 2.05) is 11.8 Å². The largest absolute Gasteiger partial charge is 0.469 e. The van der Waals surface area contributed by atoms with E-state index in [-0.39, 0.29) is 0 Å². The van der Waals surface area contributed by atoms with Crippen LogP contribution in [0.5, 0.6) is 0 Å². The maximum atomic E-state index is 5.58. The minimum absolute atomic E-state index is 0.417. The van der Waals surface area contributed by atoms with Crippen LogP contribution >= 0.6 is 11.3 Å². The molecule has 1 aromatic carbocycles. The third kappa shape index (κ3) is 2.39. The van der Waals surface area contributed by atoms with Crippen LogP contribution in [0, 0.1) is 0 Å². The highest BCUT2D eigenvalue weighted by Gasteiger charge is 2.21. The van der Waals surface area contributed by atoms with Crippen molar-refractivity contribution in [3.63, 3.8) is 0 Å². The molecule has 0 saturated heterocycles. The van der Waals surface area contributed by atoms with E-state index in [0.29, 0.717) is 6.04 Å². The second kappa shape index (κ2) is 5.28. The van der Waals surface area contributed by atoms with Gasteiger partial charge in [0.15, 0.2) is 0 Å². The first-order valence-electron chi connectivity index (χ1n) is 7.44. The molecular weight excluding hydrogens is 280 g/mol. The number of benzene rings is 1. The van der Waals surface area contributed by atoms with Crippen LogP contribution in [0.15, 0.2) is 40.5 Å². The molecule has 3 nitrogen and oxygen atoms in total. The minimum atomic E-state index is 0.417. The summed E-state index contributed by atoms with van der Waals surface area (Å²) in [7, 11) is 0. The SMILES string of the molecule is C[C@H](c1ccc2scnc2c1)N1CCc2ccoc2CC1. The van der Waals surface area contributed by atoms with Crippen molar-refractivity contribution < 1.29 is 4.42 Å². The van der Waals surface area contributed by atoms with Gasteiger partial charge in [0.1, 0.15) is 5.76 Å². The zero-order chi connectivity index (χ0) is 14.2. The molecule has 1 atom stereocenters. The number of aromatic nitrogens is 1. The van der Waals surface area contributed by atoms with Crippen LogP contribution in [0.25, 0.3) is 10.2 Å². The second-order valence-corrected chi connectivity index (χ2v) is 6.55. The third-order valence-electron chi connectivity index (χ3n) is 4.52. The third-order valence-corrected chi connectivity index (χ3v) is 5.33. The second-order valence-electron chi connectivity index (χ2n) is 5.66. The highest BCUT2D eigenvalue weighted by molar-refractivity contribution is 7.16. The topological polar surface area (TPSA) is 29.3 Å². The van der Waals surface area contributed by atoms with Crippen molar-refractivity contribution in [1.29, 1.82) is 0 Å². The van der Waals surface area contributed by atoms with Gasteiger partial charge in [-0.15, -0.1) is 11.3 Å². The monoisotopic (exact) mass is 298 g/mol. The highest BCUT2D eigenvalue weighted by atomic mass is 32.1. The van der Waals surface area contributed by atoms with Gasteiger partial charge in [0.05, 0.1) is 22.0 Å². The normalized spacial score (nSPS) is 17.6. The Hall–Kier alpha value is -1.65. The summed E-state index contributed by atoms with van der Waals surface area (Å²) in [4.78, 5) is 6.98. The van der Waals surface area contributed by atoms with E-state index in [2.05, 4.69) is 41.1 Å². The molecule has 0 spiro atoms. The lowest BCUT2D eigenvalue weighted by molar-refractivity contribution is 0.218. The van der Waals surface area contributed by atoms with Gasteiger partial charge in [-0.25, -0.2) is 4.98 Å². The summed E-state index contributed by atoms with van der Waals surface area (Å²) >= 11 is 1.70. The Morgan fingerprint density at radius 2 is 2.14 bits per heavy atom. The quantitative estimate of drug-likeness (QED) is 0.714. The first kappa shape index (κ1) is 13.0. The summed E-state index contributed by atoms with van der Waals surface area (Å²) in [5.74, 6) is 1.17. The lowest BCUT2D eigenvalue weighted by atomic mass is 10.1. The summed E-state index contributed by atoms with van der Waals surface area (Å²) < 4.78 is 6.85. The van der Waals surface area contributed by atoms with Crippen LogP contribution in [0.1, 0.15) is 29.9 Å². The predicted octanol–water partition coefficient (Wildman–Crippen LogP) is 4.05. The predicted molar refractivity (Wildman–Crippen MR) is 85.7 cm³/mol. The van der Waals surface area contributed by atoms with Gasteiger partial charge in [-0.1, -0.05) is 6.07 Å². The van der Waals surface area contributed by atoms with Gasteiger partial charge < -0.3 is 4.42 Å². The number of hydrogen-bond donors (Lipinski definition) is 0. The summed E-state index contributed by atoms with van der Waals surface area (Å²) in [6.45, 7) is 4.43. The Kier molecular flexibility index (Phi) is 3.28. The molecule has 3 aromatic rings. The van der Waals surface area contributed by atoms with Crippen LogP contribution in [0.3, 0.4) is 0 Å². The molecule has 1 aliphatic heterocycles. The molecular formula is C17H18N2OS. The molecule has 0 amide bonds. The summed E-state index contributed by atoms with van der Waals surface area (Å²) in [6, 6.07) is 9.21. The number of fused-ring (bicyclic) bond motifs is 2. The number of furan rings is 1. The van der Waals surface area contributed by atoms with Gasteiger partial charge in [-0.05, 0) is 42.7 Å². The molecule has 108 valence electrons. The van der Waals surface area contributed by atoms with Crippen LogP contribution in [-0.2, 0) is 12.8 Å². The summed E-state index contributed by atoms with van der Waals surface area (Å²) in [5.41, 5.74) is 5.76. The standard InChI is InChI=1S/C17H18N2OS/c1-12(14-2-3-17-15(10-14)18-11-21-17)19-7-4-13-6-9-20-16(13)5-8-19/h2-3,6,9-12H,4-5,7-8H2,1H3/t12-/m1/s1. The van der Waals surface area contributed by atoms with E-state index in [1.165, 1.54) is 21.6 Å². The molecule has 4 heteroatoms. The molecule has 0 N–H and O–H groups in total. The Morgan fingerprint density at radius 1 is 1.24 bits per heavy atom. The zero-order valence-electron chi connectivity index (χ0n) is 12.1. The number of rotatable bonds is 2. The molecule has 0 bridgehead atoms. The van der Waals surface area contributed by atoms with Gasteiger partial charge in [-0.2, -0.15) is 0 Å². The average molecular weight is 298 g/mol. The lowest BCUT2D eigenvalue weighted by Crippen LogP contribution is -2.29. The van der Waals surface area contributed by atoms with E-state index in [0.717, 1.165) is 31.4 Å². The van der Waals surface area contributed by atoms with Gasteiger partial charge >= 0.3 is 0 Å². The van der Waals surface area contributed by atoms with Gasteiger partial charge in [0, 0.05) is 25.6 Å². The van der Waals surface area contributed by atoms with E-state index in [9.17, 15) is 0 Å². The molecule has 21 heavy (non-hydrogen) atoms. The zero-order valence-corrected chi connectivity index (χ0v) is 12.9. The molecule has 0 radical (unpaired) electrons. The molecule has 4 rings (SSSR count). The van der Waals surface area contributed by atoms with Crippen molar-refractivity contribution in [2.45, 2.75) is 25.8 Å². The van der Waals surface area contributed by atoms with Gasteiger partial charge in [-0.3, -0.25) is 4.90 Å². The van der Waals surface area contributed by atoms with Crippen LogP contribution in [0.4, 0.5) is 0 Å². The lowest BCUT2D eigenvalue weighted by Gasteiger charge is -2.27. The minimum Gasteiger partial charge on any atom is -0.469 e. The maximum absolute atomic E-state index is 5.58. The Morgan fingerprint density at radius 3 is 3.10 bits per heavy atom. The molecule has 0 aliphatic carbocycles. The maximum Gasteiger partial charge on any atom is 0.108 e. The van der Waals surface area contributed by atoms with Crippen molar-refractivity contribution in [3.05, 3.63) is 52.9 Å². The molecule has 0 fully saturated rings. The molecule has 0 saturated carbocycles.